The lowest BCUT2D eigenvalue weighted by Gasteiger charge is -2.02. The van der Waals surface area contributed by atoms with Gasteiger partial charge in [-0.15, -0.1) is 10.2 Å². The summed E-state index contributed by atoms with van der Waals surface area (Å²) >= 11 is 0. The van der Waals surface area contributed by atoms with E-state index in [1.807, 2.05) is 30.3 Å². The second-order valence-electron chi connectivity index (χ2n) is 4.62. The zero-order valence-electron chi connectivity index (χ0n) is 11.8. The summed E-state index contributed by atoms with van der Waals surface area (Å²) in [7, 11) is 0. The normalized spacial score (nSPS) is 10.5. The SMILES string of the molecule is O=C(CCc1ccccc1)OCc1nnc(-c2ccco2)o1. The molecule has 0 spiro atoms. The molecular formula is C16H14N2O4. The molecule has 0 unspecified atom stereocenters. The van der Waals surface area contributed by atoms with Crippen molar-refractivity contribution in [2.75, 3.05) is 0 Å². The molecule has 22 heavy (non-hydrogen) atoms. The Morgan fingerprint density at radius 3 is 2.73 bits per heavy atom. The first-order chi connectivity index (χ1) is 10.8. The predicted octanol–water partition coefficient (Wildman–Crippen LogP) is 3.01. The number of esters is 1. The fourth-order valence-corrected chi connectivity index (χ4v) is 1.92. The molecule has 6 nitrogen and oxygen atoms in total. The van der Waals surface area contributed by atoms with Crippen molar-refractivity contribution in [1.29, 1.82) is 0 Å². The third kappa shape index (κ3) is 3.60. The van der Waals surface area contributed by atoms with Gasteiger partial charge < -0.3 is 13.6 Å². The molecule has 6 heteroatoms. The van der Waals surface area contributed by atoms with Crippen LogP contribution < -0.4 is 0 Å². The van der Waals surface area contributed by atoms with Crippen LogP contribution in [0.4, 0.5) is 0 Å². The highest BCUT2D eigenvalue weighted by molar-refractivity contribution is 5.69. The molecule has 0 aliphatic carbocycles. The number of hydrogen-bond acceptors (Lipinski definition) is 6. The van der Waals surface area contributed by atoms with Crippen molar-refractivity contribution in [3.8, 4) is 11.7 Å². The zero-order valence-corrected chi connectivity index (χ0v) is 11.8. The fraction of sp³-hybridized carbons (Fsp3) is 0.188. The lowest BCUT2D eigenvalue weighted by molar-refractivity contribution is -0.145. The van der Waals surface area contributed by atoms with Crippen LogP contribution in [0.3, 0.4) is 0 Å². The molecule has 112 valence electrons. The van der Waals surface area contributed by atoms with E-state index in [0.717, 1.165) is 5.56 Å². The van der Waals surface area contributed by atoms with Crippen LogP contribution in [0.15, 0.2) is 57.6 Å². The number of furan rings is 1. The van der Waals surface area contributed by atoms with Gasteiger partial charge in [-0.25, -0.2) is 0 Å². The van der Waals surface area contributed by atoms with E-state index in [9.17, 15) is 4.79 Å². The lowest BCUT2D eigenvalue weighted by Crippen LogP contribution is -2.06. The van der Waals surface area contributed by atoms with Crippen molar-refractivity contribution in [1.82, 2.24) is 10.2 Å². The number of carbonyl (C=O) groups is 1. The number of benzene rings is 1. The van der Waals surface area contributed by atoms with Crippen LogP contribution in [0.1, 0.15) is 17.9 Å². The summed E-state index contributed by atoms with van der Waals surface area (Å²) in [4.78, 5) is 11.7. The molecule has 0 N–H and O–H groups in total. The van der Waals surface area contributed by atoms with E-state index in [4.69, 9.17) is 13.6 Å². The average molecular weight is 298 g/mol. The van der Waals surface area contributed by atoms with E-state index in [2.05, 4.69) is 10.2 Å². The number of hydrogen-bond donors (Lipinski definition) is 0. The summed E-state index contributed by atoms with van der Waals surface area (Å²) in [6, 6.07) is 13.2. The number of rotatable bonds is 6. The molecule has 1 aromatic carbocycles. The highest BCUT2D eigenvalue weighted by atomic mass is 16.5. The Kier molecular flexibility index (Phi) is 4.29. The quantitative estimate of drug-likeness (QED) is 0.651. The molecule has 0 atom stereocenters. The van der Waals surface area contributed by atoms with Crippen molar-refractivity contribution in [2.45, 2.75) is 19.4 Å². The van der Waals surface area contributed by atoms with Gasteiger partial charge >= 0.3 is 5.97 Å². The Labute approximate surface area is 126 Å². The minimum Gasteiger partial charge on any atom is -0.459 e. The third-order valence-electron chi connectivity index (χ3n) is 3.02. The summed E-state index contributed by atoms with van der Waals surface area (Å²) in [5, 5.41) is 7.64. The minimum absolute atomic E-state index is 0.0403. The van der Waals surface area contributed by atoms with Gasteiger partial charge in [0.1, 0.15) is 0 Å². The second kappa shape index (κ2) is 6.71. The Hall–Kier alpha value is -2.89. The zero-order chi connectivity index (χ0) is 15.2. The van der Waals surface area contributed by atoms with Crippen molar-refractivity contribution in [3.63, 3.8) is 0 Å². The fourth-order valence-electron chi connectivity index (χ4n) is 1.92. The molecule has 2 heterocycles. The Morgan fingerprint density at radius 1 is 1.09 bits per heavy atom. The summed E-state index contributed by atoms with van der Waals surface area (Å²) in [6.07, 6.45) is 2.47. The van der Waals surface area contributed by atoms with Crippen LogP contribution in [0.2, 0.25) is 0 Å². The van der Waals surface area contributed by atoms with Gasteiger partial charge in [0.05, 0.1) is 6.26 Å². The number of aryl methyl sites for hydroxylation is 1. The van der Waals surface area contributed by atoms with E-state index in [1.54, 1.807) is 12.1 Å². The maximum atomic E-state index is 11.7. The number of nitrogens with zero attached hydrogens (tertiary/aromatic N) is 2. The van der Waals surface area contributed by atoms with Gasteiger partial charge in [-0.05, 0) is 24.1 Å². The molecule has 0 radical (unpaired) electrons. The van der Waals surface area contributed by atoms with Gasteiger partial charge in [0.15, 0.2) is 12.4 Å². The van der Waals surface area contributed by atoms with Crippen LogP contribution in [-0.4, -0.2) is 16.2 Å². The molecule has 0 aliphatic rings. The van der Waals surface area contributed by atoms with E-state index >= 15 is 0 Å². The molecule has 0 saturated heterocycles. The van der Waals surface area contributed by atoms with Gasteiger partial charge in [-0.3, -0.25) is 4.79 Å². The second-order valence-corrected chi connectivity index (χ2v) is 4.62. The van der Waals surface area contributed by atoms with Gasteiger partial charge in [-0.1, -0.05) is 30.3 Å². The maximum absolute atomic E-state index is 11.7. The van der Waals surface area contributed by atoms with Crippen molar-refractivity contribution >= 4 is 5.97 Å². The summed E-state index contributed by atoms with van der Waals surface area (Å²) in [5.41, 5.74) is 1.09. The molecular weight excluding hydrogens is 284 g/mol. The molecule has 0 fully saturated rings. The van der Waals surface area contributed by atoms with Gasteiger partial charge in [0.25, 0.3) is 11.8 Å². The first-order valence-corrected chi connectivity index (χ1v) is 6.87. The molecule has 0 aliphatic heterocycles. The smallest absolute Gasteiger partial charge is 0.306 e. The van der Waals surface area contributed by atoms with Gasteiger partial charge in [-0.2, -0.15) is 0 Å². The molecule has 3 rings (SSSR count). The van der Waals surface area contributed by atoms with Crippen LogP contribution in [-0.2, 0) is 22.6 Å². The molecule has 3 aromatic rings. The van der Waals surface area contributed by atoms with Crippen molar-refractivity contribution < 1.29 is 18.4 Å². The first kappa shape index (κ1) is 14.1. The Morgan fingerprint density at radius 2 is 1.95 bits per heavy atom. The predicted molar refractivity (Wildman–Crippen MR) is 76.6 cm³/mol. The monoisotopic (exact) mass is 298 g/mol. The van der Waals surface area contributed by atoms with Crippen molar-refractivity contribution in [2.24, 2.45) is 0 Å². The van der Waals surface area contributed by atoms with E-state index in [0.29, 0.717) is 18.6 Å². The first-order valence-electron chi connectivity index (χ1n) is 6.87. The van der Waals surface area contributed by atoms with E-state index in [-0.39, 0.29) is 24.4 Å². The maximum Gasteiger partial charge on any atom is 0.306 e. The number of aromatic nitrogens is 2. The minimum atomic E-state index is -0.304. The number of carbonyl (C=O) groups excluding carboxylic acids is 1. The average Bonchev–Trinajstić information content (AvgIpc) is 3.22. The van der Waals surface area contributed by atoms with Crippen LogP contribution in [0.5, 0.6) is 0 Å². The standard InChI is InChI=1S/C16H14N2O4/c19-15(9-8-12-5-2-1-3-6-12)21-11-14-17-18-16(22-14)13-7-4-10-20-13/h1-7,10H,8-9,11H2. The number of ether oxygens (including phenoxy) is 1. The topological polar surface area (TPSA) is 78.4 Å². The Balaban J connectivity index is 1.47. The summed E-state index contributed by atoms with van der Waals surface area (Å²) < 4.78 is 15.6. The Bertz CT molecular complexity index is 720. The van der Waals surface area contributed by atoms with E-state index < -0.39 is 0 Å². The molecule has 2 aromatic heterocycles. The molecule has 0 saturated carbocycles. The highest BCUT2D eigenvalue weighted by Gasteiger charge is 2.12. The van der Waals surface area contributed by atoms with E-state index in [1.165, 1.54) is 6.26 Å². The van der Waals surface area contributed by atoms with Gasteiger partial charge in [0, 0.05) is 6.42 Å². The lowest BCUT2D eigenvalue weighted by atomic mass is 10.1. The van der Waals surface area contributed by atoms with Crippen LogP contribution >= 0.6 is 0 Å². The van der Waals surface area contributed by atoms with Crippen LogP contribution in [0, 0.1) is 0 Å². The van der Waals surface area contributed by atoms with Crippen LogP contribution in [0.25, 0.3) is 11.7 Å². The summed E-state index contributed by atoms with van der Waals surface area (Å²) in [6.45, 7) is -0.0403. The highest BCUT2D eigenvalue weighted by Crippen LogP contribution is 2.18. The van der Waals surface area contributed by atoms with Crippen molar-refractivity contribution in [3.05, 3.63) is 60.2 Å². The largest absolute Gasteiger partial charge is 0.459 e. The summed E-state index contributed by atoms with van der Waals surface area (Å²) in [5.74, 6) is 0.676. The third-order valence-corrected chi connectivity index (χ3v) is 3.02. The molecule has 0 bridgehead atoms. The molecule has 0 amide bonds. The van der Waals surface area contributed by atoms with Gasteiger partial charge in [0.2, 0.25) is 0 Å².